The number of hydrogen-bond acceptors (Lipinski definition) is 2. The lowest BCUT2D eigenvalue weighted by molar-refractivity contribution is -0.132. The Balaban J connectivity index is 1.75. The lowest BCUT2D eigenvalue weighted by Gasteiger charge is -2.31. The molecular formula is C20H26N2O2. The third-order valence-electron chi connectivity index (χ3n) is 5.15. The van der Waals surface area contributed by atoms with Crippen LogP contribution in [0.3, 0.4) is 0 Å². The molecule has 3 rings (SSSR count). The zero-order valence-corrected chi connectivity index (χ0v) is 14.8. The highest BCUT2D eigenvalue weighted by Crippen LogP contribution is 2.19. The smallest absolute Gasteiger partial charge is 0.251 e. The predicted octanol–water partition coefficient (Wildman–Crippen LogP) is 3.34. The number of benzene rings is 1. The van der Waals surface area contributed by atoms with E-state index in [0.29, 0.717) is 24.3 Å². The molecule has 0 saturated carbocycles. The molecule has 0 aliphatic carbocycles. The number of carbonyl (C=O) groups is 1. The zero-order chi connectivity index (χ0) is 17.3. The highest BCUT2D eigenvalue weighted by atomic mass is 16.2. The van der Waals surface area contributed by atoms with E-state index in [0.717, 1.165) is 30.4 Å². The van der Waals surface area contributed by atoms with Crippen LogP contribution in [0.2, 0.25) is 0 Å². The maximum Gasteiger partial charge on any atom is 0.251 e. The first-order valence-corrected chi connectivity index (χ1v) is 8.85. The van der Waals surface area contributed by atoms with E-state index in [1.807, 2.05) is 24.0 Å². The number of nitrogens with one attached hydrogen (secondary N) is 1. The Kier molecular flexibility index (Phi) is 4.74. The van der Waals surface area contributed by atoms with Crippen LogP contribution >= 0.6 is 0 Å². The number of pyridine rings is 1. The van der Waals surface area contributed by atoms with Crippen LogP contribution in [0.15, 0.2) is 23.0 Å². The average molecular weight is 326 g/mol. The SMILES string of the molecule is Cc1cc2cc(CCC(=O)N3CCCC(C)C3)c(=O)[nH]c2cc1C. The molecule has 1 aliphatic rings. The zero-order valence-electron chi connectivity index (χ0n) is 14.8. The summed E-state index contributed by atoms with van der Waals surface area (Å²) < 4.78 is 0. The van der Waals surface area contributed by atoms with Crippen molar-refractivity contribution in [1.29, 1.82) is 0 Å². The Labute approximate surface area is 142 Å². The van der Waals surface area contributed by atoms with Gasteiger partial charge >= 0.3 is 0 Å². The number of H-pyrrole nitrogens is 1. The van der Waals surface area contributed by atoms with Gasteiger partial charge in [0.25, 0.3) is 5.56 Å². The maximum atomic E-state index is 12.4. The number of aromatic nitrogens is 1. The molecule has 1 N–H and O–H groups in total. The average Bonchev–Trinajstić information content (AvgIpc) is 2.54. The van der Waals surface area contributed by atoms with Crippen LogP contribution in [0.25, 0.3) is 10.9 Å². The maximum absolute atomic E-state index is 12.4. The molecule has 2 heterocycles. The van der Waals surface area contributed by atoms with Crippen molar-refractivity contribution in [2.45, 2.75) is 46.5 Å². The standard InChI is InChI=1S/C20H26N2O2/c1-13-5-4-8-22(12-13)19(23)7-6-16-11-17-9-14(2)15(3)10-18(17)21-20(16)24/h9-11,13H,4-8,12H2,1-3H3,(H,21,24). The minimum Gasteiger partial charge on any atom is -0.342 e. The molecule has 4 heteroatoms. The summed E-state index contributed by atoms with van der Waals surface area (Å²) >= 11 is 0. The van der Waals surface area contributed by atoms with Crippen LogP contribution in [0.5, 0.6) is 0 Å². The van der Waals surface area contributed by atoms with Gasteiger partial charge in [0.05, 0.1) is 0 Å². The largest absolute Gasteiger partial charge is 0.342 e. The van der Waals surface area contributed by atoms with Gasteiger partial charge < -0.3 is 9.88 Å². The highest BCUT2D eigenvalue weighted by molar-refractivity contribution is 5.81. The van der Waals surface area contributed by atoms with Gasteiger partial charge in [0.2, 0.25) is 5.91 Å². The predicted molar refractivity (Wildman–Crippen MR) is 97.3 cm³/mol. The van der Waals surface area contributed by atoms with Gasteiger partial charge in [0.1, 0.15) is 0 Å². The molecule has 1 saturated heterocycles. The number of aromatic amines is 1. The normalized spacial score (nSPS) is 18.1. The van der Waals surface area contributed by atoms with Gasteiger partial charge in [-0.3, -0.25) is 9.59 Å². The van der Waals surface area contributed by atoms with Gasteiger partial charge in [-0.15, -0.1) is 0 Å². The molecule has 128 valence electrons. The summed E-state index contributed by atoms with van der Waals surface area (Å²) in [5, 5.41) is 1.03. The van der Waals surface area contributed by atoms with Crippen LogP contribution in [-0.4, -0.2) is 28.9 Å². The minimum absolute atomic E-state index is 0.0782. The molecule has 1 atom stereocenters. The van der Waals surface area contributed by atoms with Gasteiger partial charge in [0, 0.05) is 30.6 Å². The van der Waals surface area contributed by atoms with Crippen LogP contribution in [0.4, 0.5) is 0 Å². The van der Waals surface area contributed by atoms with Gasteiger partial charge in [-0.1, -0.05) is 6.92 Å². The lowest BCUT2D eigenvalue weighted by atomic mass is 9.99. The van der Waals surface area contributed by atoms with Crippen molar-refractivity contribution >= 4 is 16.8 Å². The molecule has 0 bridgehead atoms. The van der Waals surface area contributed by atoms with Gasteiger partial charge in [0.15, 0.2) is 0 Å². The van der Waals surface area contributed by atoms with E-state index in [-0.39, 0.29) is 11.5 Å². The molecule has 2 aromatic rings. The number of fused-ring (bicyclic) bond motifs is 1. The molecule has 1 aromatic heterocycles. The summed E-state index contributed by atoms with van der Waals surface area (Å²) in [5.41, 5.74) is 3.86. The molecule has 1 unspecified atom stereocenters. The summed E-state index contributed by atoms with van der Waals surface area (Å²) in [7, 11) is 0. The minimum atomic E-state index is -0.0782. The number of amides is 1. The molecular weight excluding hydrogens is 300 g/mol. The quantitative estimate of drug-likeness (QED) is 0.940. The van der Waals surface area contributed by atoms with Crippen molar-refractivity contribution in [3.05, 3.63) is 45.2 Å². The van der Waals surface area contributed by atoms with Crippen molar-refractivity contribution < 1.29 is 4.79 Å². The van der Waals surface area contributed by atoms with Crippen LogP contribution in [0.1, 0.15) is 42.9 Å². The molecule has 1 amide bonds. The Morgan fingerprint density at radius 1 is 1.25 bits per heavy atom. The van der Waals surface area contributed by atoms with Gasteiger partial charge in [-0.05, 0) is 73.7 Å². The fourth-order valence-corrected chi connectivity index (χ4v) is 3.52. The van der Waals surface area contributed by atoms with Crippen molar-refractivity contribution in [1.82, 2.24) is 9.88 Å². The van der Waals surface area contributed by atoms with Crippen molar-refractivity contribution in [2.24, 2.45) is 5.92 Å². The number of hydrogen-bond donors (Lipinski definition) is 1. The molecule has 24 heavy (non-hydrogen) atoms. The highest BCUT2D eigenvalue weighted by Gasteiger charge is 2.20. The molecule has 0 spiro atoms. The number of piperidine rings is 1. The first kappa shape index (κ1) is 16.7. The van der Waals surface area contributed by atoms with Gasteiger partial charge in [-0.2, -0.15) is 0 Å². The summed E-state index contributed by atoms with van der Waals surface area (Å²) in [4.78, 5) is 29.6. The van der Waals surface area contributed by atoms with E-state index in [9.17, 15) is 9.59 Å². The second kappa shape index (κ2) is 6.80. The van der Waals surface area contributed by atoms with Crippen molar-refractivity contribution in [3.8, 4) is 0 Å². The van der Waals surface area contributed by atoms with E-state index in [1.165, 1.54) is 17.5 Å². The molecule has 1 fully saturated rings. The molecule has 1 aromatic carbocycles. The summed E-state index contributed by atoms with van der Waals surface area (Å²) in [5.74, 6) is 0.749. The fourth-order valence-electron chi connectivity index (χ4n) is 3.52. The van der Waals surface area contributed by atoms with Crippen LogP contribution < -0.4 is 5.56 Å². The Hall–Kier alpha value is -2.10. The fraction of sp³-hybridized carbons (Fsp3) is 0.500. The van der Waals surface area contributed by atoms with Gasteiger partial charge in [-0.25, -0.2) is 0 Å². The third kappa shape index (κ3) is 3.53. The first-order valence-electron chi connectivity index (χ1n) is 8.85. The molecule has 0 radical (unpaired) electrons. The molecule has 4 nitrogen and oxygen atoms in total. The third-order valence-corrected chi connectivity index (χ3v) is 5.15. The van der Waals surface area contributed by atoms with E-state index < -0.39 is 0 Å². The van der Waals surface area contributed by atoms with E-state index in [4.69, 9.17) is 0 Å². The summed E-state index contributed by atoms with van der Waals surface area (Å²) in [6, 6.07) is 6.04. The summed E-state index contributed by atoms with van der Waals surface area (Å²) in [6.45, 7) is 8.01. The van der Waals surface area contributed by atoms with E-state index in [2.05, 4.69) is 24.9 Å². The number of aryl methyl sites for hydroxylation is 3. The van der Waals surface area contributed by atoms with Crippen LogP contribution in [-0.2, 0) is 11.2 Å². The Bertz CT molecular complexity index is 822. The molecule has 1 aliphatic heterocycles. The Morgan fingerprint density at radius 3 is 2.75 bits per heavy atom. The topological polar surface area (TPSA) is 53.2 Å². The first-order chi connectivity index (χ1) is 11.4. The van der Waals surface area contributed by atoms with E-state index >= 15 is 0 Å². The second-order valence-electron chi connectivity index (χ2n) is 7.23. The lowest BCUT2D eigenvalue weighted by Crippen LogP contribution is -2.39. The van der Waals surface area contributed by atoms with Crippen molar-refractivity contribution in [2.75, 3.05) is 13.1 Å². The number of rotatable bonds is 3. The number of nitrogens with zero attached hydrogens (tertiary/aromatic N) is 1. The van der Waals surface area contributed by atoms with Crippen molar-refractivity contribution in [3.63, 3.8) is 0 Å². The monoisotopic (exact) mass is 326 g/mol. The summed E-state index contributed by atoms with van der Waals surface area (Å²) in [6.07, 6.45) is 3.20. The van der Waals surface area contributed by atoms with Crippen LogP contribution in [0, 0.1) is 19.8 Å². The Morgan fingerprint density at radius 2 is 2.00 bits per heavy atom. The number of likely N-dealkylation sites (tertiary alicyclic amines) is 1. The number of carbonyl (C=O) groups excluding carboxylic acids is 1. The second-order valence-corrected chi connectivity index (χ2v) is 7.23. The van der Waals surface area contributed by atoms with E-state index in [1.54, 1.807) is 0 Å².